The van der Waals surface area contributed by atoms with E-state index < -0.39 is 0 Å². The molecule has 0 heterocycles. The van der Waals surface area contributed by atoms with E-state index in [4.69, 9.17) is 0 Å². The van der Waals surface area contributed by atoms with Crippen LogP contribution in [0.2, 0.25) is 0 Å². The van der Waals surface area contributed by atoms with Gasteiger partial charge in [-0.2, -0.15) is 0 Å². The summed E-state index contributed by atoms with van der Waals surface area (Å²) in [5, 5.41) is 3.15. The summed E-state index contributed by atoms with van der Waals surface area (Å²) in [5.41, 5.74) is 0. The van der Waals surface area contributed by atoms with Crippen molar-refractivity contribution in [2.75, 3.05) is 7.05 Å². The number of rotatable bonds is 2. The topological polar surface area (TPSA) is 12.0 Å². The Morgan fingerprint density at radius 2 is 1.89 bits per heavy atom. The van der Waals surface area contributed by atoms with Gasteiger partial charge >= 0.3 is 0 Å². The highest BCUT2D eigenvalue weighted by Gasteiger charge is 2.04. The molecule has 0 bridgehead atoms. The molecule has 0 aliphatic carbocycles. The van der Waals surface area contributed by atoms with E-state index in [1.54, 1.807) is 0 Å². The Morgan fingerprint density at radius 1 is 1.33 bits per heavy atom. The maximum Gasteiger partial charge on any atom is 0.0325 e. The molecule has 0 aromatic rings. The van der Waals surface area contributed by atoms with Crippen molar-refractivity contribution in [1.82, 2.24) is 5.32 Å². The molecule has 52 valence electrons. The first-order valence-electron chi connectivity index (χ1n) is 3.32. The van der Waals surface area contributed by atoms with Gasteiger partial charge in [0.25, 0.3) is 0 Å². The SMILES string of the molecule is CC#CC(C)C(C)NC. The molecule has 0 aliphatic rings. The molecule has 0 aromatic carbocycles. The lowest BCUT2D eigenvalue weighted by Crippen LogP contribution is -2.27. The van der Waals surface area contributed by atoms with Crippen LogP contribution in [0.4, 0.5) is 0 Å². The van der Waals surface area contributed by atoms with Crippen LogP contribution < -0.4 is 5.32 Å². The lowest BCUT2D eigenvalue weighted by atomic mass is 10.1. The van der Waals surface area contributed by atoms with E-state index in [1.165, 1.54) is 0 Å². The highest BCUT2D eigenvalue weighted by molar-refractivity contribution is 5.02. The van der Waals surface area contributed by atoms with Gasteiger partial charge in [-0.05, 0) is 27.8 Å². The van der Waals surface area contributed by atoms with Gasteiger partial charge < -0.3 is 5.32 Å². The Kier molecular flexibility index (Phi) is 4.17. The van der Waals surface area contributed by atoms with E-state index in [0.29, 0.717) is 12.0 Å². The van der Waals surface area contributed by atoms with Crippen molar-refractivity contribution in [3.8, 4) is 11.8 Å². The van der Waals surface area contributed by atoms with Crippen molar-refractivity contribution in [3.63, 3.8) is 0 Å². The van der Waals surface area contributed by atoms with Gasteiger partial charge in [-0.15, -0.1) is 5.92 Å². The summed E-state index contributed by atoms with van der Waals surface area (Å²) in [6, 6.07) is 0.498. The van der Waals surface area contributed by atoms with E-state index >= 15 is 0 Å². The van der Waals surface area contributed by atoms with E-state index in [9.17, 15) is 0 Å². The second-order valence-electron chi connectivity index (χ2n) is 2.26. The van der Waals surface area contributed by atoms with Crippen LogP contribution in [0.25, 0.3) is 0 Å². The second kappa shape index (κ2) is 4.40. The second-order valence-corrected chi connectivity index (χ2v) is 2.26. The molecule has 2 unspecified atom stereocenters. The first-order chi connectivity index (χ1) is 4.22. The monoisotopic (exact) mass is 125 g/mol. The lowest BCUT2D eigenvalue weighted by Gasteiger charge is -2.12. The van der Waals surface area contributed by atoms with Gasteiger partial charge in [-0.3, -0.25) is 0 Å². The minimum Gasteiger partial charge on any atom is -0.316 e. The molecule has 0 spiro atoms. The molecule has 0 radical (unpaired) electrons. The molecular formula is C8H15N. The maximum atomic E-state index is 3.15. The first-order valence-corrected chi connectivity index (χ1v) is 3.32. The average Bonchev–Trinajstić information content (AvgIpc) is 1.87. The molecule has 0 saturated heterocycles. The summed E-state index contributed by atoms with van der Waals surface area (Å²) in [6.07, 6.45) is 0. The minimum absolute atomic E-state index is 0.458. The smallest absolute Gasteiger partial charge is 0.0325 e. The minimum atomic E-state index is 0.458. The summed E-state index contributed by atoms with van der Waals surface area (Å²) in [7, 11) is 1.96. The average molecular weight is 125 g/mol. The molecule has 9 heavy (non-hydrogen) atoms. The third kappa shape index (κ3) is 3.16. The molecular weight excluding hydrogens is 110 g/mol. The quantitative estimate of drug-likeness (QED) is 0.548. The summed E-state index contributed by atoms with van der Waals surface area (Å²) >= 11 is 0. The van der Waals surface area contributed by atoms with Gasteiger partial charge in [0.05, 0.1) is 0 Å². The van der Waals surface area contributed by atoms with Crippen LogP contribution >= 0.6 is 0 Å². The summed E-state index contributed by atoms with van der Waals surface area (Å²) in [5.74, 6) is 6.43. The zero-order valence-corrected chi connectivity index (χ0v) is 6.65. The maximum absolute atomic E-state index is 3.15. The highest BCUT2D eigenvalue weighted by atomic mass is 14.9. The van der Waals surface area contributed by atoms with Crippen LogP contribution in [0.3, 0.4) is 0 Å². The largest absolute Gasteiger partial charge is 0.316 e. The standard InChI is InChI=1S/C8H15N/c1-5-6-7(2)8(3)9-4/h7-9H,1-4H3. The molecule has 2 atom stereocenters. The fraction of sp³-hybridized carbons (Fsp3) is 0.750. The van der Waals surface area contributed by atoms with E-state index in [0.717, 1.165) is 0 Å². The lowest BCUT2D eigenvalue weighted by molar-refractivity contribution is 0.511. The molecule has 0 fully saturated rings. The van der Waals surface area contributed by atoms with Crippen molar-refractivity contribution in [1.29, 1.82) is 0 Å². The molecule has 0 aromatic heterocycles. The van der Waals surface area contributed by atoms with Gasteiger partial charge in [0.2, 0.25) is 0 Å². The molecule has 1 nitrogen and oxygen atoms in total. The van der Waals surface area contributed by atoms with Crippen molar-refractivity contribution in [3.05, 3.63) is 0 Å². The van der Waals surface area contributed by atoms with E-state index in [2.05, 4.69) is 31.0 Å². The van der Waals surface area contributed by atoms with Crippen molar-refractivity contribution < 1.29 is 0 Å². The van der Waals surface area contributed by atoms with E-state index in [1.807, 2.05) is 14.0 Å². The van der Waals surface area contributed by atoms with Gasteiger partial charge in [0.1, 0.15) is 0 Å². The molecule has 0 aliphatic heterocycles. The Bertz CT molecular complexity index is 118. The van der Waals surface area contributed by atoms with Gasteiger partial charge in [0.15, 0.2) is 0 Å². The predicted molar refractivity (Wildman–Crippen MR) is 41.1 cm³/mol. The molecule has 0 amide bonds. The normalized spacial score (nSPS) is 15.6. The van der Waals surface area contributed by atoms with Crippen molar-refractivity contribution in [2.24, 2.45) is 5.92 Å². The zero-order chi connectivity index (χ0) is 7.28. The first kappa shape index (κ1) is 8.52. The van der Waals surface area contributed by atoms with Crippen molar-refractivity contribution in [2.45, 2.75) is 26.8 Å². The van der Waals surface area contributed by atoms with Crippen LogP contribution in [-0.2, 0) is 0 Å². The number of hydrogen-bond donors (Lipinski definition) is 1. The summed E-state index contributed by atoms with van der Waals surface area (Å²) < 4.78 is 0. The van der Waals surface area contributed by atoms with Crippen molar-refractivity contribution >= 4 is 0 Å². The van der Waals surface area contributed by atoms with Gasteiger partial charge in [0, 0.05) is 12.0 Å². The number of nitrogens with one attached hydrogen (secondary N) is 1. The van der Waals surface area contributed by atoms with Crippen LogP contribution in [0.15, 0.2) is 0 Å². The molecule has 1 heteroatoms. The third-order valence-corrected chi connectivity index (χ3v) is 1.58. The number of hydrogen-bond acceptors (Lipinski definition) is 1. The van der Waals surface area contributed by atoms with E-state index in [-0.39, 0.29) is 0 Å². The molecule has 0 rings (SSSR count). The molecule has 0 saturated carbocycles. The van der Waals surface area contributed by atoms with Gasteiger partial charge in [-0.25, -0.2) is 0 Å². The zero-order valence-electron chi connectivity index (χ0n) is 6.65. The summed E-state index contributed by atoms with van der Waals surface area (Å²) in [6.45, 7) is 6.13. The fourth-order valence-corrected chi connectivity index (χ4v) is 0.603. The molecule has 1 N–H and O–H groups in total. The Balaban J connectivity index is 3.67. The third-order valence-electron chi connectivity index (χ3n) is 1.58. The van der Waals surface area contributed by atoms with Crippen LogP contribution in [0.1, 0.15) is 20.8 Å². The van der Waals surface area contributed by atoms with Crippen LogP contribution in [0.5, 0.6) is 0 Å². The Labute approximate surface area is 57.8 Å². The summed E-state index contributed by atoms with van der Waals surface area (Å²) in [4.78, 5) is 0. The highest BCUT2D eigenvalue weighted by Crippen LogP contribution is 1.98. The predicted octanol–water partition coefficient (Wildman–Crippen LogP) is 1.25. The Morgan fingerprint density at radius 3 is 2.22 bits per heavy atom. The fourth-order valence-electron chi connectivity index (χ4n) is 0.603. The van der Waals surface area contributed by atoms with Crippen LogP contribution in [0, 0.1) is 17.8 Å². The van der Waals surface area contributed by atoms with Crippen LogP contribution in [-0.4, -0.2) is 13.1 Å². The Hall–Kier alpha value is -0.480. The van der Waals surface area contributed by atoms with Gasteiger partial charge in [-0.1, -0.05) is 5.92 Å².